The smallest absolute Gasteiger partial charge is 0.259 e. The highest BCUT2D eigenvalue weighted by atomic mass is 16.2. The summed E-state index contributed by atoms with van der Waals surface area (Å²) in [5.74, 6) is 2.11. The van der Waals surface area contributed by atoms with Crippen LogP contribution in [0.3, 0.4) is 0 Å². The zero-order valence-electron chi connectivity index (χ0n) is 5.96. The molecule has 0 atom stereocenters. The van der Waals surface area contributed by atoms with Crippen LogP contribution in [0.15, 0.2) is 14.4 Å². The quantitative estimate of drug-likeness (QED) is 0.468. The summed E-state index contributed by atoms with van der Waals surface area (Å²) < 4.78 is 0.710. The first-order valence-electron chi connectivity index (χ1n) is 3.02. The summed E-state index contributed by atoms with van der Waals surface area (Å²) in [6.07, 6.45) is 4.88. The summed E-state index contributed by atoms with van der Waals surface area (Å²) in [4.78, 5) is 35.9. The average Bonchev–Trinajstić information content (AvgIpc) is 1.96. The van der Waals surface area contributed by atoms with Crippen molar-refractivity contribution in [1.29, 1.82) is 0 Å². The molecule has 6 nitrogen and oxygen atoms in total. The Labute approximate surface area is 65.9 Å². The van der Waals surface area contributed by atoms with Crippen molar-refractivity contribution in [3.63, 3.8) is 0 Å². The number of H-pyrrole nitrogens is 2. The number of hydrogen-bond acceptors (Lipinski definition) is 3. The van der Waals surface area contributed by atoms with E-state index in [2.05, 4.69) is 5.92 Å². The molecule has 0 fully saturated rings. The highest BCUT2D eigenvalue weighted by Crippen LogP contribution is 1.61. The lowest BCUT2D eigenvalue weighted by Crippen LogP contribution is -2.42. The lowest BCUT2D eigenvalue weighted by Gasteiger charge is -1.94. The molecule has 0 radical (unpaired) electrons. The van der Waals surface area contributed by atoms with Crippen molar-refractivity contribution in [1.82, 2.24) is 14.5 Å². The van der Waals surface area contributed by atoms with Gasteiger partial charge in [0.1, 0.15) is 0 Å². The van der Waals surface area contributed by atoms with Gasteiger partial charge in [-0.3, -0.25) is 9.97 Å². The topological polar surface area (TPSA) is 87.7 Å². The first-order chi connectivity index (χ1) is 5.65. The van der Waals surface area contributed by atoms with Gasteiger partial charge in [-0.15, -0.1) is 6.42 Å². The summed E-state index contributed by atoms with van der Waals surface area (Å²) in [6, 6.07) is 0. The molecule has 1 rings (SSSR count). The van der Waals surface area contributed by atoms with Crippen molar-refractivity contribution in [3.05, 3.63) is 31.5 Å². The molecule has 1 aromatic heterocycles. The maximum absolute atomic E-state index is 10.8. The summed E-state index contributed by atoms with van der Waals surface area (Å²) in [7, 11) is 0. The predicted molar refractivity (Wildman–Crippen MR) is 40.8 cm³/mol. The SMILES string of the molecule is C#CCn1c(=O)[nH]c(=O)[nH]c1=O. The minimum atomic E-state index is -0.835. The molecule has 1 aromatic rings. The Balaban J connectivity index is 3.52. The molecule has 0 saturated heterocycles. The molecular weight excluding hydrogens is 162 g/mol. The standard InChI is InChI=1S/C6H5N3O3/c1-2-3-9-5(11)7-4(10)8-6(9)12/h1H,3H2,(H2,7,8,10,11,12). The highest BCUT2D eigenvalue weighted by Gasteiger charge is 1.98. The van der Waals surface area contributed by atoms with E-state index in [9.17, 15) is 14.4 Å². The van der Waals surface area contributed by atoms with Crippen molar-refractivity contribution >= 4 is 0 Å². The van der Waals surface area contributed by atoms with Gasteiger partial charge < -0.3 is 0 Å². The zero-order chi connectivity index (χ0) is 9.14. The van der Waals surface area contributed by atoms with Crippen molar-refractivity contribution in [3.8, 4) is 12.3 Å². The Hall–Kier alpha value is -2.03. The van der Waals surface area contributed by atoms with E-state index in [1.54, 1.807) is 0 Å². The molecule has 0 aromatic carbocycles. The van der Waals surface area contributed by atoms with Crippen LogP contribution >= 0.6 is 0 Å². The van der Waals surface area contributed by atoms with E-state index >= 15 is 0 Å². The van der Waals surface area contributed by atoms with Crippen molar-refractivity contribution in [2.75, 3.05) is 0 Å². The molecular formula is C6H5N3O3. The molecule has 0 aliphatic heterocycles. The van der Waals surface area contributed by atoms with E-state index in [-0.39, 0.29) is 6.54 Å². The van der Waals surface area contributed by atoms with E-state index < -0.39 is 17.1 Å². The minimum absolute atomic E-state index is 0.162. The van der Waals surface area contributed by atoms with Crippen molar-refractivity contribution < 1.29 is 0 Å². The van der Waals surface area contributed by atoms with E-state index in [1.165, 1.54) is 0 Å². The first kappa shape index (κ1) is 8.07. The molecule has 0 aliphatic carbocycles. The van der Waals surface area contributed by atoms with Gasteiger partial charge in [-0.25, -0.2) is 19.0 Å². The van der Waals surface area contributed by atoms with Crippen LogP contribution in [0.2, 0.25) is 0 Å². The third kappa shape index (κ3) is 1.34. The fraction of sp³-hybridized carbons (Fsp3) is 0.167. The second-order valence-electron chi connectivity index (χ2n) is 1.98. The number of nitrogens with zero attached hydrogens (tertiary/aromatic N) is 1. The second kappa shape index (κ2) is 2.92. The van der Waals surface area contributed by atoms with E-state index in [0.29, 0.717) is 4.57 Å². The molecule has 0 aliphatic rings. The van der Waals surface area contributed by atoms with Crippen LogP contribution in [0.4, 0.5) is 0 Å². The largest absolute Gasteiger partial charge is 0.334 e. The van der Waals surface area contributed by atoms with Gasteiger partial charge in [-0.05, 0) is 0 Å². The lowest BCUT2D eigenvalue weighted by molar-refractivity contribution is 0.674. The monoisotopic (exact) mass is 167 g/mol. The number of aromatic amines is 2. The Morgan fingerprint density at radius 2 is 1.75 bits per heavy atom. The van der Waals surface area contributed by atoms with E-state index in [1.807, 2.05) is 9.97 Å². The zero-order valence-corrected chi connectivity index (χ0v) is 5.96. The number of aromatic nitrogens is 3. The maximum Gasteiger partial charge on any atom is 0.334 e. The Bertz CT molecular complexity index is 450. The number of terminal acetylenes is 1. The number of rotatable bonds is 1. The van der Waals surface area contributed by atoms with Gasteiger partial charge in [0.15, 0.2) is 0 Å². The Morgan fingerprint density at radius 3 is 2.17 bits per heavy atom. The summed E-state index contributed by atoms with van der Waals surface area (Å²) >= 11 is 0. The first-order valence-corrected chi connectivity index (χ1v) is 3.02. The van der Waals surface area contributed by atoms with Gasteiger partial charge in [0.2, 0.25) is 0 Å². The molecule has 2 N–H and O–H groups in total. The molecule has 0 unspecified atom stereocenters. The third-order valence-electron chi connectivity index (χ3n) is 1.18. The van der Waals surface area contributed by atoms with Gasteiger partial charge in [0.25, 0.3) is 0 Å². The molecule has 0 bridgehead atoms. The fourth-order valence-corrected chi connectivity index (χ4v) is 0.688. The van der Waals surface area contributed by atoms with Crippen LogP contribution in [0, 0.1) is 12.3 Å². The van der Waals surface area contributed by atoms with Gasteiger partial charge in [-0.1, -0.05) is 5.92 Å². The molecule has 0 amide bonds. The van der Waals surface area contributed by atoms with Gasteiger partial charge in [0.05, 0.1) is 6.54 Å². The molecule has 62 valence electrons. The second-order valence-corrected chi connectivity index (χ2v) is 1.98. The summed E-state index contributed by atoms with van der Waals surface area (Å²) in [5.41, 5.74) is -2.44. The van der Waals surface area contributed by atoms with Crippen LogP contribution in [0.1, 0.15) is 0 Å². The molecule has 1 heterocycles. The van der Waals surface area contributed by atoms with Crippen molar-refractivity contribution in [2.24, 2.45) is 0 Å². The highest BCUT2D eigenvalue weighted by molar-refractivity contribution is 4.85. The maximum atomic E-state index is 10.8. The summed E-state index contributed by atoms with van der Waals surface area (Å²) in [5, 5.41) is 0. The Morgan fingerprint density at radius 1 is 1.25 bits per heavy atom. The van der Waals surface area contributed by atoms with Gasteiger partial charge >= 0.3 is 17.1 Å². The average molecular weight is 167 g/mol. The molecule has 6 heteroatoms. The van der Waals surface area contributed by atoms with Crippen LogP contribution in [0.5, 0.6) is 0 Å². The summed E-state index contributed by atoms with van der Waals surface area (Å²) in [6.45, 7) is -0.162. The van der Waals surface area contributed by atoms with Crippen molar-refractivity contribution in [2.45, 2.75) is 6.54 Å². The molecule has 0 spiro atoms. The molecule has 12 heavy (non-hydrogen) atoms. The Kier molecular flexibility index (Phi) is 1.96. The third-order valence-corrected chi connectivity index (χ3v) is 1.18. The lowest BCUT2D eigenvalue weighted by atomic mass is 10.6. The van der Waals surface area contributed by atoms with Gasteiger partial charge in [-0.2, -0.15) is 0 Å². The van der Waals surface area contributed by atoms with Crippen LogP contribution in [-0.2, 0) is 6.54 Å². The van der Waals surface area contributed by atoms with Crippen LogP contribution in [0.25, 0.3) is 0 Å². The molecule has 0 saturated carbocycles. The van der Waals surface area contributed by atoms with E-state index in [4.69, 9.17) is 6.42 Å². The van der Waals surface area contributed by atoms with Crippen LogP contribution in [-0.4, -0.2) is 14.5 Å². The minimum Gasteiger partial charge on any atom is -0.259 e. The number of hydrogen-bond donors (Lipinski definition) is 2. The fourth-order valence-electron chi connectivity index (χ4n) is 0.688. The van der Waals surface area contributed by atoms with E-state index in [0.717, 1.165) is 0 Å². The normalized spacial score (nSPS) is 9.25. The van der Waals surface area contributed by atoms with Gasteiger partial charge in [0, 0.05) is 0 Å². The number of nitrogens with one attached hydrogen (secondary N) is 2. The van der Waals surface area contributed by atoms with Crippen LogP contribution < -0.4 is 17.1 Å². The predicted octanol–water partition coefficient (Wildman–Crippen LogP) is -2.14.